The maximum Gasteiger partial charge on any atom is 0.252 e. The third-order valence-corrected chi connectivity index (χ3v) is 3.73. The molecule has 0 radical (unpaired) electrons. The van der Waals surface area contributed by atoms with E-state index in [0.29, 0.717) is 37.0 Å². The van der Waals surface area contributed by atoms with Crippen LogP contribution in [0.4, 0.5) is 5.82 Å². The van der Waals surface area contributed by atoms with Crippen molar-refractivity contribution < 1.29 is 9.53 Å². The number of carbonyl (C=O) groups excluding carboxylic acids is 1. The molecule has 140 valence electrons. The van der Waals surface area contributed by atoms with Gasteiger partial charge in [0.05, 0.1) is 12.2 Å². The molecular formula is C18H21N7O2. The van der Waals surface area contributed by atoms with Gasteiger partial charge in [-0.1, -0.05) is 0 Å². The molecule has 0 saturated heterocycles. The van der Waals surface area contributed by atoms with E-state index in [9.17, 15) is 4.79 Å². The molecule has 1 amide bonds. The van der Waals surface area contributed by atoms with Gasteiger partial charge in [-0.2, -0.15) is 0 Å². The third kappa shape index (κ3) is 4.78. The van der Waals surface area contributed by atoms with E-state index in [1.54, 1.807) is 18.3 Å². The lowest BCUT2D eigenvalue weighted by Gasteiger charge is -2.09. The van der Waals surface area contributed by atoms with E-state index in [-0.39, 0.29) is 5.91 Å². The summed E-state index contributed by atoms with van der Waals surface area (Å²) in [6, 6.07) is 5.19. The Labute approximate surface area is 156 Å². The van der Waals surface area contributed by atoms with Crippen molar-refractivity contribution in [1.82, 2.24) is 29.8 Å². The van der Waals surface area contributed by atoms with Crippen molar-refractivity contribution in [2.45, 2.75) is 13.8 Å². The molecule has 3 aromatic heterocycles. The number of hydrogen-bond acceptors (Lipinski definition) is 7. The summed E-state index contributed by atoms with van der Waals surface area (Å²) in [6.45, 7) is 5.29. The largest absolute Gasteiger partial charge is 0.478 e. The number of amides is 1. The second kappa shape index (κ2) is 8.75. The van der Waals surface area contributed by atoms with Crippen molar-refractivity contribution in [3.8, 4) is 11.7 Å². The Morgan fingerprint density at radius 1 is 1.19 bits per heavy atom. The van der Waals surface area contributed by atoms with E-state index in [0.717, 1.165) is 11.6 Å². The number of anilines is 1. The summed E-state index contributed by atoms with van der Waals surface area (Å²) in [4.78, 5) is 28.8. The second-order valence-electron chi connectivity index (χ2n) is 5.61. The minimum absolute atomic E-state index is 0.190. The summed E-state index contributed by atoms with van der Waals surface area (Å²) < 4.78 is 7.13. The molecule has 0 aromatic carbocycles. The van der Waals surface area contributed by atoms with Gasteiger partial charge in [-0.3, -0.25) is 9.36 Å². The van der Waals surface area contributed by atoms with Crippen LogP contribution in [0.5, 0.6) is 5.88 Å². The van der Waals surface area contributed by atoms with Crippen LogP contribution in [0.2, 0.25) is 0 Å². The van der Waals surface area contributed by atoms with E-state index in [1.165, 1.54) is 12.5 Å². The molecule has 0 bridgehead atoms. The Morgan fingerprint density at radius 2 is 2.07 bits per heavy atom. The van der Waals surface area contributed by atoms with Crippen LogP contribution in [-0.4, -0.2) is 50.1 Å². The molecule has 9 heteroatoms. The lowest BCUT2D eigenvalue weighted by molar-refractivity contribution is 0.0954. The van der Waals surface area contributed by atoms with Gasteiger partial charge in [0.25, 0.3) is 5.91 Å². The molecule has 0 atom stereocenters. The van der Waals surface area contributed by atoms with Gasteiger partial charge in [0, 0.05) is 43.8 Å². The number of nitrogens with zero attached hydrogens (tertiary/aromatic N) is 5. The molecule has 3 rings (SSSR count). The third-order valence-electron chi connectivity index (χ3n) is 3.73. The molecule has 3 aromatic rings. The van der Waals surface area contributed by atoms with Gasteiger partial charge in [0.15, 0.2) is 0 Å². The highest BCUT2D eigenvalue weighted by atomic mass is 16.5. The first-order valence-corrected chi connectivity index (χ1v) is 8.60. The fourth-order valence-electron chi connectivity index (χ4n) is 2.41. The maximum atomic E-state index is 12.1. The predicted molar refractivity (Wildman–Crippen MR) is 100 cm³/mol. The number of aromatic nitrogens is 5. The van der Waals surface area contributed by atoms with Gasteiger partial charge in [0.1, 0.15) is 23.8 Å². The number of hydrogen-bond donors (Lipinski definition) is 2. The SMILES string of the molecule is CCOc1ccc(C(=O)NCCNc2cc(-n3ccnc3C)ncn2)cn1. The van der Waals surface area contributed by atoms with Gasteiger partial charge in [-0.05, 0) is 19.9 Å². The average molecular weight is 367 g/mol. The van der Waals surface area contributed by atoms with E-state index < -0.39 is 0 Å². The molecule has 0 unspecified atom stereocenters. The zero-order chi connectivity index (χ0) is 19.1. The Hall–Kier alpha value is -3.49. The summed E-state index contributed by atoms with van der Waals surface area (Å²) in [5, 5.41) is 6.00. The monoisotopic (exact) mass is 367 g/mol. The van der Waals surface area contributed by atoms with Gasteiger partial charge in [0.2, 0.25) is 5.88 Å². The Bertz CT molecular complexity index is 893. The minimum Gasteiger partial charge on any atom is -0.478 e. The van der Waals surface area contributed by atoms with Crippen molar-refractivity contribution in [3.05, 3.63) is 54.5 Å². The molecule has 0 fully saturated rings. The Kier molecular flexibility index (Phi) is 5.93. The molecular weight excluding hydrogens is 346 g/mol. The highest BCUT2D eigenvalue weighted by Gasteiger charge is 2.07. The van der Waals surface area contributed by atoms with Crippen LogP contribution < -0.4 is 15.4 Å². The molecule has 0 spiro atoms. The lowest BCUT2D eigenvalue weighted by atomic mass is 10.2. The van der Waals surface area contributed by atoms with Crippen LogP contribution in [0.1, 0.15) is 23.1 Å². The minimum atomic E-state index is -0.190. The van der Waals surface area contributed by atoms with Gasteiger partial charge < -0.3 is 15.4 Å². The lowest BCUT2D eigenvalue weighted by Crippen LogP contribution is -2.29. The number of carbonyl (C=O) groups is 1. The molecule has 0 aliphatic heterocycles. The molecule has 9 nitrogen and oxygen atoms in total. The highest BCUT2D eigenvalue weighted by Crippen LogP contribution is 2.10. The number of pyridine rings is 1. The first-order chi connectivity index (χ1) is 13.2. The first-order valence-electron chi connectivity index (χ1n) is 8.60. The molecule has 2 N–H and O–H groups in total. The van der Waals surface area contributed by atoms with Crippen LogP contribution in [0.3, 0.4) is 0 Å². The maximum absolute atomic E-state index is 12.1. The van der Waals surface area contributed by atoms with E-state index in [2.05, 4.69) is 30.6 Å². The summed E-state index contributed by atoms with van der Waals surface area (Å²) in [5.41, 5.74) is 0.485. The van der Waals surface area contributed by atoms with E-state index >= 15 is 0 Å². The standard InChI is InChI=1S/C18H21N7O2/c1-3-27-17-5-4-14(11-22-17)18(26)21-7-6-20-15-10-16(24-12-23-15)25-9-8-19-13(25)2/h4-5,8-12H,3,6-7H2,1-2H3,(H,21,26)(H,20,23,24). The zero-order valence-corrected chi connectivity index (χ0v) is 15.2. The molecule has 3 heterocycles. The fourth-order valence-corrected chi connectivity index (χ4v) is 2.41. The normalized spacial score (nSPS) is 10.4. The van der Waals surface area contributed by atoms with Crippen molar-refractivity contribution in [2.75, 3.05) is 25.0 Å². The number of imidazole rings is 1. The molecule has 0 aliphatic rings. The van der Waals surface area contributed by atoms with Crippen LogP contribution in [-0.2, 0) is 0 Å². The van der Waals surface area contributed by atoms with Crippen LogP contribution in [0.25, 0.3) is 5.82 Å². The molecule has 27 heavy (non-hydrogen) atoms. The second-order valence-corrected chi connectivity index (χ2v) is 5.61. The highest BCUT2D eigenvalue weighted by molar-refractivity contribution is 5.93. The van der Waals surface area contributed by atoms with Crippen LogP contribution >= 0.6 is 0 Å². The summed E-state index contributed by atoms with van der Waals surface area (Å²) in [5.74, 6) is 2.56. The fraction of sp³-hybridized carbons (Fsp3) is 0.278. The zero-order valence-electron chi connectivity index (χ0n) is 15.2. The number of nitrogens with one attached hydrogen (secondary N) is 2. The molecule has 0 saturated carbocycles. The Balaban J connectivity index is 1.49. The predicted octanol–water partition coefficient (Wildman–Crippen LogP) is 1.61. The smallest absolute Gasteiger partial charge is 0.252 e. The van der Waals surface area contributed by atoms with Crippen LogP contribution in [0, 0.1) is 6.92 Å². The summed E-state index contributed by atoms with van der Waals surface area (Å²) in [6.07, 6.45) is 6.54. The summed E-state index contributed by atoms with van der Waals surface area (Å²) >= 11 is 0. The average Bonchev–Trinajstić information content (AvgIpc) is 3.12. The first kappa shape index (κ1) is 18.3. The summed E-state index contributed by atoms with van der Waals surface area (Å²) in [7, 11) is 0. The van der Waals surface area contributed by atoms with E-state index in [4.69, 9.17) is 4.74 Å². The van der Waals surface area contributed by atoms with Gasteiger partial charge >= 0.3 is 0 Å². The van der Waals surface area contributed by atoms with Gasteiger partial charge in [-0.25, -0.2) is 19.9 Å². The quantitative estimate of drug-likeness (QED) is 0.582. The Morgan fingerprint density at radius 3 is 2.78 bits per heavy atom. The van der Waals surface area contributed by atoms with Gasteiger partial charge in [-0.15, -0.1) is 0 Å². The van der Waals surface area contributed by atoms with Crippen molar-refractivity contribution in [1.29, 1.82) is 0 Å². The molecule has 0 aliphatic carbocycles. The van der Waals surface area contributed by atoms with Crippen LogP contribution in [0.15, 0.2) is 43.1 Å². The van der Waals surface area contributed by atoms with Crippen molar-refractivity contribution >= 4 is 11.7 Å². The number of ether oxygens (including phenoxy) is 1. The number of aryl methyl sites for hydroxylation is 1. The van der Waals surface area contributed by atoms with Crippen molar-refractivity contribution in [3.63, 3.8) is 0 Å². The topological polar surface area (TPSA) is 107 Å². The van der Waals surface area contributed by atoms with E-state index in [1.807, 2.05) is 30.7 Å². The number of rotatable bonds is 8. The van der Waals surface area contributed by atoms with Crippen molar-refractivity contribution in [2.24, 2.45) is 0 Å².